The van der Waals surface area contributed by atoms with Crippen LogP contribution in [0.5, 0.6) is 0 Å². The standard InChI is InChI=1S/C7H15ClNO2S/c1-2-4-9-5-7-12(10,11)6-3-8/h2-7H2,1H3. The molecule has 0 aliphatic carbocycles. The fraction of sp³-hybridized carbons (Fsp3) is 1.00. The first-order valence-electron chi connectivity index (χ1n) is 4.02. The maximum absolute atomic E-state index is 11.0. The Morgan fingerprint density at radius 3 is 2.42 bits per heavy atom. The van der Waals surface area contributed by atoms with Gasteiger partial charge in [-0.15, -0.1) is 11.6 Å². The fourth-order valence-corrected chi connectivity index (χ4v) is 2.24. The summed E-state index contributed by atoms with van der Waals surface area (Å²) < 4.78 is 22.1. The number of alkyl halides is 1. The Balaban J connectivity index is 3.48. The lowest BCUT2D eigenvalue weighted by molar-refractivity contribution is 0.590. The van der Waals surface area contributed by atoms with Gasteiger partial charge in [-0.3, -0.25) is 0 Å². The fourth-order valence-electron chi connectivity index (χ4n) is 0.693. The van der Waals surface area contributed by atoms with Crippen LogP contribution in [-0.2, 0) is 9.84 Å². The van der Waals surface area contributed by atoms with Gasteiger partial charge in [-0.25, -0.2) is 13.7 Å². The Morgan fingerprint density at radius 2 is 1.92 bits per heavy atom. The van der Waals surface area contributed by atoms with Gasteiger partial charge in [0.2, 0.25) is 0 Å². The first-order chi connectivity index (χ1) is 5.62. The van der Waals surface area contributed by atoms with E-state index in [1.807, 2.05) is 6.92 Å². The molecule has 0 aliphatic heterocycles. The van der Waals surface area contributed by atoms with Gasteiger partial charge < -0.3 is 0 Å². The van der Waals surface area contributed by atoms with Gasteiger partial charge in [0.05, 0.1) is 11.5 Å². The summed E-state index contributed by atoms with van der Waals surface area (Å²) in [4.78, 5) is 0. The molecular formula is C7H15ClNO2S. The van der Waals surface area contributed by atoms with Crippen LogP contribution in [-0.4, -0.2) is 38.9 Å². The molecule has 3 nitrogen and oxygen atoms in total. The van der Waals surface area contributed by atoms with Crippen LogP contribution < -0.4 is 5.32 Å². The minimum absolute atomic E-state index is 0.0657. The lowest BCUT2D eigenvalue weighted by Crippen LogP contribution is -2.20. The zero-order valence-electron chi connectivity index (χ0n) is 7.29. The van der Waals surface area contributed by atoms with Gasteiger partial charge in [-0.1, -0.05) is 6.92 Å². The molecule has 0 bridgehead atoms. The maximum atomic E-state index is 11.0. The molecule has 0 heterocycles. The molecule has 0 aliphatic rings. The third-order valence-electron chi connectivity index (χ3n) is 1.33. The van der Waals surface area contributed by atoms with Crippen LogP contribution in [0.2, 0.25) is 0 Å². The molecule has 0 atom stereocenters. The lowest BCUT2D eigenvalue weighted by Gasteiger charge is -2.01. The molecule has 0 amide bonds. The summed E-state index contributed by atoms with van der Waals surface area (Å²) >= 11 is 5.32. The summed E-state index contributed by atoms with van der Waals surface area (Å²) in [7, 11) is -2.94. The van der Waals surface area contributed by atoms with Crippen molar-refractivity contribution in [3.8, 4) is 0 Å². The zero-order valence-corrected chi connectivity index (χ0v) is 8.86. The van der Waals surface area contributed by atoms with Crippen LogP contribution >= 0.6 is 11.6 Å². The van der Waals surface area contributed by atoms with E-state index in [9.17, 15) is 8.42 Å². The summed E-state index contributed by atoms with van der Waals surface area (Å²) in [5.41, 5.74) is 0. The van der Waals surface area contributed by atoms with Crippen LogP contribution in [0.25, 0.3) is 0 Å². The molecule has 12 heavy (non-hydrogen) atoms. The van der Waals surface area contributed by atoms with E-state index in [4.69, 9.17) is 11.6 Å². The van der Waals surface area contributed by atoms with Crippen molar-refractivity contribution in [2.75, 3.05) is 30.5 Å². The van der Waals surface area contributed by atoms with Gasteiger partial charge in [0.1, 0.15) is 0 Å². The number of halogens is 1. The first-order valence-corrected chi connectivity index (χ1v) is 6.37. The number of rotatable bonds is 7. The van der Waals surface area contributed by atoms with Crippen molar-refractivity contribution in [1.29, 1.82) is 0 Å². The third kappa shape index (κ3) is 6.88. The average molecular weight is 213 g/mol. The Hall–Kier alpha value is 0.200. The highest BCUT2D eigenvalue weighted by molar-refractivity contribution is 7.91. The second kappa shape index (κ2) is 6.69. The minimum Gasteiger partial charge on any atom is -0.241 e. The van der Waals surface area contributed by atoms with Crippen LogP contribution in [0.1, 0.15) is 13.3 Å². The smallest absolute Gasteiger partial charge is 0.152 e. The largest absolute Gasteiger partial charge is 0.241 e. The van der Waals surface area contributed by atoms with Crippen molar-refractivity contribution in [3.05, 3.63) is 0 Å². The Morgan fingerprint density at radius 1 is 1.25 bits per heavy atom. The first kappa shape index (κ1) is 12.2. The van der Waals surface area contributed by atoms with Crippen molar-refractivity contribution in [1.82, 2.24) is 5.32 Å². The maximum Gasteiger partial charge on any atom is 0.152 e. The van der Waals surface area contributed by atoms with E-state index in [1.54, 1.807) is 0 Å². The van der Waals surface area contributed by atoms with E-state index in [1.165, 1.54) is 0 Å². The molecule has 1 radical (unpaired) electrons. The summed E-state index contributed by atoms with van der Waals surface area (Å²) in [6, 6.07) is 0. The van der Waals surface area contributed by atoms with Gasteiger partial charge in [0.15, 0.2) is 9.84 Å². The Labute approximate surface area is 79.4 Å². The summed E-state index contributed by atoms with van der Waals surface area (Å²) in [5, 5.41) is 4.04. The number of hydrogen-bond donors (Lipinski definition) is 0. The summed E-state index contributed by atoms with van der Waals surface area (Å²) in [5.74, 6) is 0.381. The molecule has 0 aromatic heterocycles. The zero-order chi connectivity index (χ0) is 9.45. The normalized spacial score (nSPS) is 11.8. The second-order valence-corrected chi connectivity index (χ2v) is 5.19. The number of sulfone groups is 1. The van der Waals surface area contributed by atoms with Gasteiger partial charge in [-0.05, 0) is 6.42 Å². The van der Waals surface area contributed by atoms with Crippen LogP contribution in [0.3, 0.4) is 0 Å². The SMILES string of the molecule is CCC[N]CCS(=O)(=O)CCCl. The van der Waals surface area contributed by atoms with Crippen molar-refractivity contribution >= 4 is 21.4 Å². The molecule has 0 spiro atoms. The number of nitrogens with zero attached hydrogens (tertiary/aromatic N) is 1. The molecule has 73 valence electrons. The van der Waals surface area contributed by atoms with Crippen LogP contribution in [0, 0.1) is 0 Å². The van der Waals surface area contributed by atoms with Crippen molar-refractivity contribution in [3.63, 3.8) is 0 Å². The van der Waals surface area contributed by atoms with Crippen molar-refractivity contribution < 1.29 is 8.42 Å². The predicted octanol–water partition coefficient (Wildman–Crippen LogP) is 0.654. The molecule has 5 heteroatoms. The van der Waals surface area contributed by atoms with E-state index in [-0.39, 0.29) is 17.4 Å². The molecule has 0 aromatic rings. The molecule has 0 fully saturated rings. The summed E-state index contributed by atoms with van der Waals surface area (Å²) in [6.07, 6.45) is 0.968. The van der Waals surface area contributed by atoms with E-state index in [0.29, 0.717) is 6.54 Å². The van der Waals surface area contributed by atoms with E-state index in [0.717, 1.165) is 13.0 Å². The number of hydrogen-bond acceptors (Lipinski definition) is 2. The second-order valence-electron chi connectivity index (χ2n) is 2.51. The van der Waals surface area contributed by atoms with Crippen molar-refractivity contribution in [2.24, 2.45) is 0 Å². The highest BCUT2D eigenvalue weighted by Crippen LogP contribution is 1.91. The van der Waals surface area contributed by atoms with E-state index >= 15 is 0 Å². The molecule has 0 unspecified atom stereocenters. The van der Waals surface area contributed by atoms with Gasteiger partial charge in [-0.2, -0.15) is 0 Å². The highest BCUT2D eigenvalue weighted by Gasteiger charge is 2.08. The Bertz CT molecular complexity index is 192. The van der Waals surface area contributed by atoms with Gasteiger partial charge >= 0.3 is 0 Å². The molecule has 0 N–H and O–H groups in total. The minimum atomic E-state index is -2.94. The summed E-state index contributed by atoms with van der Waals surface area (Å²) in [6.45, 7) is 3.17. The average Bonchev–Trinajstić information content (AvgIpc) is 1.98. The predicted molar refractivity (Wildman–Crippen MR) is 51.5 cm³/mol. The van der Waals surface area contributed by atoms with E-state index in [2.05, 4.69) is 5.32 Å². The quantitative estimate of drug-likeness (QED) is 0.460. The molecular weight excluding hydrogens is 198 g/mol. The lowest BCUT2D eigenvalue weighted by atomic mass is 10.5. The monoisotopic (exact) mass is 212 g/mol. The molecule has 0 rings (SSSR count). The molecule has 0 aromatic carbocycles. The van der Waals surface area contributed by atoms with Crippen LogP contribution in [0.15, 0.2) is 0 Å². The third-order valence-corrected chi connectivity index (χ3v) is 3.37. The van der Waals surface area contributed by atoms with Gasteiger partial charge in [0, 0.05) is 19.0 Å². The highest BCUT2D eigenvalue weighted by atomic mass is 35.5. The van der Waals surface area contributed by atoms with E-state index < -0.39 is 9.84 Å². The Kier molecular flexibility index (Phi) is 6.80. The van der Waals surface area contributed by atoms with Crippen LogP contribution in [0.4, 0.5) is 0 Å². The molecule has 0 saturated heterocycles. The van der Waals surface area contributed by atoms with Crippen molar-refractivity contribution in [2.45, 2.75) is 13.3 Å². The van der Waals surface area contributed by atoms with Gasteiger partial charge in [0.25, 0.3) is 0 Å². The topological polar surface area (TPSA) is 48.2 Å². The molecule has 0 saturated carbocycles.